The molecule has 7 heteroatoms. The number of hydrogen-bond donors (Lipinski definition) is 2. The molecule has 100 valence electrons. The van der Waals surface area contributed by atoms with Crippen LogP contribution in [0, 0.1) is 0 Å². The van der Waals surface area contributed by atoms with Crippen molar-refractivity contribution in [3.8, 4) is 0 Å². The number of nitrogens with one attached hydrogen (secondary N) is 1. The first-order chi connectivity index (χ1) is 8.54. The summed E-state index contributed by atoms with van der Waals surface area (Å²) in [6.45, 7) is 0.165. The third-order valence-electron chi connectivity index (χ3n) is 1.95. The number of benzene rings is 1. The second-order valence-corrected chi connectivity index (χ2v) is 7.15. The molecule has 0 bridgehead atoms. The second-order valence-electron chi connectivity index (χ2n) is 3.42. The lowest BCUT2D eigenvalue weighted by molar-refractivity contribution is -0.113. The molecule has 0 unspecified atom stereocenters. The summed E-state index contributed by atoms with van der Waals surface area (Å²) < 4.78 is 2.56. The maximum absolute atomic E-state index is 11.7. The van der Waals surface area contributed by atoms with Gasteiger partial charge in [-0.15, -0.1) is 0 Å². The predicted octanol–water partition coefficient (Wildman–Crippen LogP) is 4.03. The second kappa shape index (κ2) is 8.58. The number of thioether (sulfide) groups is 1. The van der Waals surface area contributed by atoms with Gasteiger partial charge in [-0.2, -0.15) is 11.8 Å². The molecule has 0 aliphatic heterocycles. The van der Waals surface area contributed by atoms with E-state index in [1.807, 2.05) is 12.1 Å². The fourth-order valence-electron chi connectivity index (χ4n) is 1.17. The summed E-state index contributed by atoms with van der Waals surface area (Å²) in [6, 6.07) is 3.75. The number of aliphatic hydroxyl groups excluding tert-OH is 1. The van der Waals surface area contributed by atoms with Crippen LogP contribution in [0.1, 0.15) is 6.42 Å². The smallest absolute Gasteiger partial charge is 0.234 e. The molecule has 1 amide bonds. The molecule has 0 heterocycles. The summed E-state index contributed by atoms with van der Waals surface area (Å²) in [5.41, 5.74) is 0.728. The molecule has 0 aliphatic carbocycles. The first-order valence-electron chi connectivity index (χ1n) is 5.17. The molecule has 0 saturated carbocycles. The first kappa shape index (κ1) is 16.5. The van der Waals surface area contributed by atoms with E-state index in [9.17, 15) is 4.79 Å². The van der Waals surface area contributed by atoms with Gasteiger partial charge in [-0.25, -0.2) is 0 Å². The number of amides is 1. The quantitative estimate of drug-likeness (QED) is 0.629. The van der Waals surface area contributed by atoms with Gasteiger partial charge in [0.05, 0.1) is 11.4 Å². The normalized spacial score (nSPS) is 10.4. The van der Waals surface area contributed by atoms with Crippen LogP contribution < -0.4 is 5.32 Å². The molecule has 0 spiro atoms. The number of hydrogen-bond acceptors (Lipinski definition) is 3. The van der Waals surface area contributed by atoms with Gasteiger partial charge in [0.1, 0.15) is 0 Å². The molecule has 2 N–H and O–H groups in total. The number of rotatable bonds is 6. The number of anilines is 1. The Labute approximate surface area is 135 Å². The molecule has 0 atom stereocenters. The number of halogens is 3. The molecular weight excluding hydrogens is 450 g/mol. The van der Waals surface area contributed by atoms with E-state index in [0.717, 1.165) is 24.9 Å². The monoisotopic (exact) mass is 459 g/mol. The van der Waals surface area contributed by atoms with Gasteiger partial charge < -0.3 is 10.4 Å². The molecular formula is C11H12Br3NO2S. The van der Waals surface area contributed by atoms with Crippen LogP contribution in [-0.4, -0.2) is 29.1 Å². The van der Waals surface area contributed by atoms with Crippen molar-refractivity contribution in [2.24, 2.45) is 0 Å². The third-order valence-corrected chi connectivity index (χ3v) is 4.70. The Morgan fingerprint density at radius 2 is 1.89 bits per heavy atom. The van der Waals surface area contributed by atoms with Crippen molar-refractivity contribution in [1.82, 2.24) is 0 Å². The minimum absolute atomic E-state index is 0.0540. The minimum atomic E-state index is -0.0540. The molecule has 0 aromatic heterocycles. The highest BCUT2D eigenvalue weighted by Gasteiger charge is 2.10. The molecule has 0 radical (unpaired) electrons. The van der Waals surface area contributed by atoms with Crippen molar-refractivity contribution in [1.29, 1.82) is 0 Å². The zero-order valence-electron chi connectivity index (χ0n) is 9.38. The Hall–Kier alpha value is 0.440. The van der Waals surface area contributed by atoms with Crippen molar-refractivity contribution in [3.63, 3.8) is 0 Å². The van der Waals surface area contributed by atoms with E-state index in [0.29, 0.717) is 12.2 Å². The zero-order valence-corrected chi connectivity index (χ0v) is 15.0. The van der Waals surface area contributed by atoms with Crippen LogP contribution in [0.25, 0.3) is 0 Å². The van der Waals surface area contributed by atoms with Crippen LogP contribution in [0.3, 0.4) is 0 Å². The van der Waals surface area contributed by atoms with Gasteiger partial charge in [0.25, 0.3) is 0 Å². The SMILES string of the molecule is O=C(CSCCCO)Nc1c(Br)cc(Br)cc1Br. The van der Waals surface area contributed by atoms with E-state index in [1.54, 1.807) is 0 Å². The van der Waals surface area contributed by atoms with Crippen LogP contribution in [0.15, 0.2) is 25.6 Å². The number of carbonyl (C=O) groups excluding carboxylic acids is 1. The fraction of sp³-hybridized carbons (Fsp3) is 0.364. The molecule has 0 aliphatic rings. The summed E-state index contributed by atoms with van der Waals surface area (Å²) in [7, 11) is 0. The van der Waals surface area contributed by atoms with Crippen molar-refractivity contribution < 1.29 is 9.90 Å². The Bertz CT molecular complexity index is 406. The van der Waals surface area contributed by atoms with E-state index in [-0.39, 0.29) is 12.5 Å². The van der Waals surface area contributed by atoms with Crippen molar-refractivity contribution in [3.05, 3.63) is 25.6 Å². The maximum atomic E-state index is 11.7. The molecule has 0 fully saturated rings. The van der Waals surface area contributed by atoms with Gasteiger partial charge in [0.2, 0.25) is 5.91 Å². The zero-order chi connectivity index (χ0) is 13.5. The molecule has 1 aromatic rings. The van der Waals surface area contributed by atoms with E-state index in [4.69, 9.17) is 5.11 Å². The highest BCUT2D eigenvalue weighted by atomic mass is 79.9. The molecule has 1 rings (SSSR count). The molecule has 3 nitrogen and oxygen atoms in total. The molecule has 0 saturated heterocycles. The summed E-state index contributed by atoms with van der Waals surface area (Å²) >= 11 is 11.7. The summed E-state index contributed by atoms with van der Waals surface area (Å²) in [6.07, 6.45) is 0.712. The number of carbonyl (C=O) groups is 1. The summed E-state index contributed by atoms with van der Waals surface area (Å²) in [4.78, 5) is 11.7. The molecule has 18 heavy (non-hydrogen) atoms. The van der Waals surface area contributed by atoms with E-state index >= 15 is 0 Å². The van der Waals surface area contributed by atoms with Crippen LogP contribution in [0.4, 0.5) is 5.69 Å². The van der Waals surface area contributed by atoms with Crippen molar-refractivity contribution in [2.75, 3.05) is 23.4 Å². The molecule has 1 aromatic carbocycles. The van der Waals surface area contributed by atoms with Crippen LogP contribution in [0.5, 0.6) is 0 Å². The van der Waals surface area contributed by atoms with Crippen LogP contribution >= 0.6 is 59.6 Å². The largest absolute Gasteiger partial charge is 0.396 e. The summed E-state index contributed by atoms with van der Waals surface area (Å²) in [5.74, 6) is 1.11. The van der Waals surface area contributed by atoms with E-state index < -0.39 is 0 Å². The lowest BCUT2D eigenvalue weighted by Gasteiger charge is -2.10. The average Bonchev–Trinajstić information content (AvgIpc) is 2.29. The number of aliphatic hydroxyl groups is 1. The van der Waals surface area contributed by atoms with Crippen LogP contribution in [0.2, 0.25) is 0 Å². The van der Waals surface area contributed by atoms with Gasteiger partial charge in [-0.1, -0.05) is 15.9 Å². The Morgan fingerprint density at radius 1 is 1.28 bits per heavy atom. The highest BCUT2D eigenvalue weighted by molar-refractivity contribution is 9.11. The minimum Gasteiger partial charge on any atom is -0.396 e. The van der Waals surface area contributed by atoms with Gasteiger partial charge in [0.15, 0.2) is 0 Å². The summed E-state index contributed by atoms with van der Waals surface area (Å²) in [5, 5.41) is 11.5. The Balaban J connectivity index is 2.54. The van der Waals surface area contributed by atoms with E-state index in [1.165, 1.54) is 11.8 Å². The topological polar surface area (TPSA) is 49.3 Å². The standard InChI is InChI=1S/C11H12Br3NO2S/c12-7-4-8(13)11(9(14)5-7)15-10(17)6-18-3-1-2-16/h4-5,16H,1-3,6H2,(H,15,17). The fourth-order valence-corrected chi connectivity index (χ4v) is 4.36. The van der Waals surface area contributed by atoms with Gasteiger partial charge in [-0.05, 0) is 56.2 Å². The lowest BCUT2D eigenvalue weighted by Crippen LogP contribution is -2.15. The van der Waals surface area contributed by atoms with Crippen LogP contribution in [-0.2, 0) is 4.79 Å². The average molecular weight is 462 g/mol. The van der Waals surface area contributed by atoms with E-state index in [2.05, 4.69) is 53.1 Å². The Morgan fingerprint density at radius 3 is 2.44 bits per heavy atom. The van der Waals surface area contributed by atoms with Crippen molar-refractivity contribution in [2.45, 2.75) is 6.42 Å². The lowest BCUT2D eigenvalue weighted by atomic mass is 10.3. The predicted molar refractivity (Wildman–Crippen MR) is 87.2 cm³/mol. The Kier molecular flexibility index (Phi) is 7.86. The first-order valence-corrected chi connectivity index (χ1v) is 8.71. The maximum Gasteiger partial charge on any atom is 0.234 e. The third kappa shape index (κ3) is 5.61. The van der Waals surface area contributed by atoms with Gasteiger partial charge in [-0.3, -0.25) is 4.79 Å². The highest BCUT2D eigenvalue weighted by Crippen LogP contribution is 2.34. The van der Waals surface area contributed by atoms with Gasteiger partial charge in [0, 0.05) is 20.0 Å². The van der Waals surface area contributed by atoms with Gasteiger partial charge >= 0.3 is 0 Å². The van der Waals surface area contributed by atoms with Crippen molar-refractivity contribution >= 4 is 71.1 Å².